The molecular weight excluding hydrogens is 462 g/mol. The second-order valence-electron chi connectivity index (χ2n) is 7.58. The minimum atomic E-state index is -1.14. The summed E-state index contributed by atoms with van der Waals surface area (Å²) in [6.07, 6.45) is 2.49. The zero-order valence-electron chi connectivity index (χ0n) is 19.9. The Morgan fingerprint density at radius 3 is 2.26 bits per heavy atom. The van der Waals surface area contributed by atoms with Crippen LogP contribution in [0.5, 0.6) is 17.2 Å². The highest BCUT2D eigenvalue weighted by atomic mass is 32.1. The number of anilines is 1. The van der Waals surface area contributed by atoms with Gasteiger partial charge in [0, 0.05) is 17.0 Å². The molecule has 1 aromatic heterocycles. The number of amides is 1. The quantitative estimate of drug-likeness (QED) is 0.524. The third-order valence-electron chi connectivity index (χ3n) is 5.47. The Hall–Kier alpha value is -3.27. The summed E-state index contributed by atoms with van der Waals surface area (Å²) in [5.74, 6) is -0.873. The van der Waals surface area contributed by atoms with Crippen LogP contribution in [0.2, 0.25) is 0 Å². The van der Waals surface area contributed by atoms with E-state index in [2.05, 4.69) is 5.32 Å². The number of rotatable bonds is 9. The van der Waals surface area contributed by atoms with E-state index >= 15 is 0 Å². The lowest BCUT2D eigenvalue weighted by molar-refractivity contribution is -0.123. The molecule has 184 valence electrons. The average molecular weight is 492 g/mol. The van der Waals surface area contributed by atoms with Crippen molar-refractivity contribution in [2.75, 3.05) is 33.3 Å². The molecule has 0 fully saturated rings. The lowest BCUT2D eigenvalue weighted by Crippen LogP contribution is -2.30. The van der Waals surface area contributed by atoms with Crippen molar-refractivity contribution in [3.05, 3.63) is 33.7 Å². The van der Waals surface area contributed by atoms with Crippen molar-refractivity contribution in [3.63, 3.8) is 0 Å². The number of carbonyl (C=O) groups is 3. The second kappa shape index (κ2) is 11.2. The molecule has 0 radical (unpaired) electrons. The fraction of sp³-hybridized carbons (Fsp3) is 0.458. The SMILES string of the molecule is CCOC(=O)c1c(NC(=O)[C@@H](C)OC(=O)c2cc(OC)c(OC)cc2OC)sc2c1CCCC2. The zero-order chi connectivity index (χ0) is 24.8. The van der Waals surface area contributed by atoms with E-state index in [1.54, 1.807) is 6.92 Å². The Labute approximate surface area is 202 Å². The average Bonchev–Trinajstić information content (AvgIpc) is 3.20. The fourth-order valence-corrected chi connectivity index (χ4v) is 5.03. The van der Waals surface area contributed by atoms with E-state index in [0.29, 0.717) is 22.1 Å². The summed E-state index contributed by atoms with van der Waals surface area (Å²) < 4.78 is 26.4. The van der Waals surface area contributed by atoms with Crippen LogP contribution < -0.4 is 19.5 Å². The van der Waals surface area contributed by atoms with Crippen molar-refractivity contribution < 1.29 is 38.1 Å². The van der Waals surface area contributed by atoms with Crippen molar-refractivity contribution in [2.45, 2.75) is 45.6 Å². The molecule has 0 unspecified atom stereocenters. The number of esters is 2. The number of methoxy groups -OCH3 is 3. The van der Waals surface area contributed by atoms with Crippen molar-refractivity contribution in [1.29, 1.82) is 0 Å². The Balaban J connectivity index is 1.79. The highest BCUT2D eigenvalue weighted by molar-refractivity contribution is 7.17. The Bertz CT molecular complexity index is 1080. The number of aryl methyl sites for hydroxylation is 1. The standard InChI is InChI=1S/C24H29NO8S/c1-6-32-24(28)20-14-9-7-8-10-19(14)34-22(20)25-21(26)13(2)33-23(27)15-11-17(30-4)18(31-5)12-16(15)29-3/h11-13H,6-10H2,1-5H3,(H,25,26)/t13-/m1/s1. The molecule has 3 rings (SSSR count). The first-order valence-electron chi connectivity index (χ1n) is 11.0. The molecule has 0 saturated carbocycles. The van der Waals surface area contributed by atoms with Crippen LogP contribution in [-0.2, 0) is 27.1 Å². The topological polar surface area (TPSA) is 109 Å². The lowest BCUT2D eigenvalue weighted by atomic mass is 9.95. The first-order chi connectivity index (χ1) is 16.3. The number of nitrogens with one attached hydrogen (secondary N) is 1. The van der Waals surface area contributed by atoms with E-state index in [4.69, 9.17) is 23.7 Å². The van der Waals surface area contributed by atoms with Gasteiger partial charge < -0.3 is 29.0 Å². The van der Waals surface area contributed by atoms with Gasteiger partial charge in [0.2, 0.25) is 0 Å². The highest BCUT2D eigenvalue weighted by Gasteiger charge is 2.29. The molecule has 1 N–H and O–H groups in total. The van der Waals surface area contributed by atoms with E-state index in [0.717, 1.165) is 36.1 Å². The Morgan fingerprint density at radius 1 is 0.971 bits per heavy atom. The van der Waals surface area contributed by atoms with Crippen LogP contribution >= 0.6 is 11.3 Å². The minimum absolute atomic E-state index is 0.0820. The zero-order valence-corrected chi connectivity index (χ0v) is 20.8. The van der Waals surface area contributed by atoms with Crippen LogP contribution in [0.3, 0.4) is 0 Å². The van der Waals surface area contributed by atoms with Gasteiger partial charge in [-0.25, -0.2) is 9.59 Å². The molecule has 34 heavy (non-hydrogen) atoms. The maximum atomic E-state index is 12.9. The van der Waals surface area contributed by atoms with Crippen LogP contribution in [0.25, 0.3) is 0 Å². The third kappa shape index (κ3) is 5.27. The van der Waals surface area contributed by atoms with Gasteiger partial charge in [-0.2, -0.15) is 0 Å². The fourth-order valence-electron chi connectivity index (χ4n) is 3.75. The third-order valence-corrected chi connectivity index (χ3v) is 6.67. The van der Waals surface area contributed by atoms with Crippen LogP contribution in [0.15, 0.2) is 12.1 Å². The van der Waals surface area contributed by atoms with Gasteiger partial charge in [0.15, 0.2) is 17.6 Å². The lowest BCUT2D eigenvalue weighted by Gasteiger charge is -2.16. The van der Waals surface area contributed by atoms with E-state index in [9.17, 15) is 14.4 Å². The predicted molar refractivity (Wildman–Crippen MR) is 127 cm³/mol. The number of ether oxygens (including phenoxy) is 5. The van der Waals surface area contributed by atoms with Gasteiger partial charge in [-0.3, -0.25) is 4.79 Å². The van der Waals surface area contributed by atoms with Crippen molar-refractivity contribution in [1.82, 2.24) is 0 Å². The monoisotopic (exact) mass is 491 g/mol. The van der Waals surface area contributed by atoms with Crippen molar-refractivity contribution >= 4 is 34.2 Å². The van der Waals surface area contributed by atoms with Crippen molar-refractivity contribution in [3.8, 4) is 17.2 Å². The molecule has 1 aromatic carbocycles. The van der Waals surface area contributed by atoms with Gasteiger partial charge >= 0.3 is 11.9 Å². The maximum absolute atomic E-state index is 12.9. The smallest absolute Gasteiger partial charge is 0.342 e. The molecule has 2 aromatic rings. The molecule has 0 saturated heterocycles. The number of thiophene rings is 1. The first-order valence-corrected chi connectivity index (χ1v) is 11.8. The molecular formula is C24H29NO8S. The number of benzene rings is 1. The summed E-state index contributed by atoms with van der Waals surface area (Å²) in [6.45, 7) is 3.43. The maximum Gasteiger partial charge on any atom is 0.342 e. The number of fused-ring (bicyclic) bond motifs is 1. The Kier molecular flexibility index (Phi) is 8.38. The van der Waals surface area contributed by atoms with Gasteiger partial charge in [-0.15, -0.1) is 11.3 Å². The summed E-state index contributed by atoms with van der Waals surface area (Å²) in [5.41, 5.74) is 1.42. The molecule has 1 aliphatic rings. The number of carbonyl (C=O) groups excluding carboxylic acids is 3. The molecule has 1 amide bonds. The van der Waals surface area contributed by atoms with Gasteiger partial charge in [0.1, 0.15) is 16.3 Å². The van der Waals surface area contributed by atoms with Gasteiger partial charge in [0.05, 0.1) is 33.5 Å². The molecule has 1 atom stereocenters. The second-order valence-corrected chi connectivity index (χ2v) is 8.68. The summed E-state index contributed by atoms with van der Waals surface area (Å²) in [6, 6.07) is 2.93. The molecule has 9 nitrogen and oxygen atoms in total. The number of hydrogen-bond acceptors (Lipinski definition) is 9. The molecule has 1 aliphatic carbocycles. The van der Waals surface area contributed by atoms with E-state index < -0.39 is 23.9 Å². The first kappa shape index (κ1) is 25.4. The minimum Gasteiger partial charge on any atom is -0.496 e. The highest BCUT2D eigenvalue weighted by Crippen LogP contribution is 2.39. The summed E-state index contributed by atoms with van der Waals surface area (Å²) in [7, 11) is 4.32. The van der Waals surface area contributed by atoms with Crippen LogP contribution in [0.4, 0.5) is 5.00 Å². The largest absolute Gasteiger partial charge is 0.496 e. The number of hydrogen-bond donors (Lipinski definition) is 1. The van der Waals surface area contributed by atoms with Gasteiger partial charge in [-0.1, -0.05) is 0 Å². The predicted octanol–water partition coefficient (Wildman–Crippen LogP) is 4.01. The summed E-state index contributed by atoms with van der Waals surface area (Å²) in [4.78, 5) is 39.4. The van der Waals surface area contributed by atoms with Crippen molar-refractivity contribution in [2.24, 2.45) is 0 Å². The van der Waals surface area contributed by atoms with Crippen LogP contribution in [-0.4, -0.2) is 51.9 Å². The summed E-state index contributed by atoms with van der Waals surface area (Å²) >= 11 is 1.37. The molecule has 0 spiro atoms. The van der Waals surface area contributed by atoms with E-state index in [-0.39, 0.29) is 17.9 Å². The van der Waals surface area contributed by atoms with E-state index in [1.165, 1.54) is 51.7 Å². The van der Waals surface area contributed by atoms with Gasteiger partial charge in [-0.05, 0) is 45.1 Å². The summed E-state index contributed by atoms with van der Waals surface area (Å²) in [5, 5.41) is 3.18. The molecule has 10 heteroatoms. The molecule has 0 bridgehead atoms. The Morgan fingerprint density at radius 2 is 1.62 bits per heavy atom. The normalized spacial score (nSPS) is 13.3. The van der Waals surface area contributed by atoms with Crippen LogP contribution in [0.1, 0.15) is 57.8 Å². The van der Waals surface area contributed by atoms with Gasteiger partial charge in [0.25, 0.3) is 5.91 Å². The molecule has 1 heterocycles. The molecule has 0 aliphatic heterocycles. The van der Waals surface area contributed by atoms with E-state index in [1.807, 2.05) is 0 Å². The van der Waals surface area contributed by atoms with Crippen LogP contribution in [0, 0.1) is 0 Å².